The van der Waals surface area contributed by atoms with Gasteiger partial charge < -0.3 is 29.6 Å². The second-order valence-electron chi connectivity index (χ2n) is 8.78. The molecule has 0 radical (unpaired) electrons. The Morgan fingerprint density at radius 3 is 1.63 bits per heavy atom. The number of carbonyl (C=O) groups is 4. The van der Waals surface area contributed by atoms with Crippen LogP contribution in [0.4, 0.5) is 11.4 Å². The van der Waals surface area contributed by atoms with E-state index in [9.17, 15) is 19.2 Å². The number of amides is 2. The minimum atomic E-state index is -0.888. The number of nitrogens with zero attached hydrogens (tertiary/aromatic N) is 2. The van der Waals surface area contributed by atoms with Gasteiger partial charge in [-0.2, -0.15) is 0 Å². The van der Waals surface area contributed by atoms with Gasteiger partial charge in [-0.1, -0.05) is 12.1 Å². The van der Waals surface area contributed by atoms with Crippen molar-refractivity contribution in [2.24, 2.45) is 0 Å². The molecule has 4 aromatic rings. The molecule has 0 aliphatic rings. The molecule has 0 saturated carbocycles. The number of aryl methyl sites for hydroxylation is 2. The zero-order valence-electron chi connectivity index (χ0n) is 22.1. The minimum absolute atomic E-state index is 0.0845. The SMILES string of the molecule is CC(=O)Nc1cccc2c1cc(C)n2CC(=O)O.CCOC(=O)Cn1c(C)cc2c(NC(C)=O)cccc21. The van der Waals surface area contributed by atoms with Gasteiger partial charge in [0.1, 0.15) is 13.1 Å². The number of benzene rings is 2. The first-order valence-corrected chi connectivity index (χ1v) is 12.1. The van der Waals surface area contributed by atoms with E-state index in [1.54, 1.807) is 23.6 Å². The predicted octanol–water partition coefficient (Wildman–Crippen LogP) is 4.46. The molecule has 0 aliphatic heterocycles. The molecule has 3 N–H and O–H groups in total. The lowest BCUT2D eigenvalue weighted by Gasteiger charge is -2.08. The van der Waals surface area contributed by atoms with Crippen molar-refractivity contribution >= 4 is 56.9 Å². The maximum absolute atomic E-state index is 11.7. The maximum atomic E-state index is 11.7. The van der Waals surface area contributed by atoms with Crippen LogP contribution in [-0.2, 0) is 37.0 Å². The van der Waals surface area contributed by atoms with Crippen molar-refractivity contribution in [2.75, 3.05) is 17.2 Å². The predicted molar refractivity (Wildman–Crippen MR) is 146 cm³/mol. The molecule has 2 heterocycles. The molecule has 0 saturated heterocycles. The molecule has 4 rings (SSSR count). The number of hydrogen-bond donors (Lipinski definition) is 3. The van der Waals surface area contributed by atoms with Crippen molar-refractivity contribution in [2.45, 2.75) is 47.7 Å². The van der Waals surface area contributed by atoms with Crippen molar-refractivity contribution in [3.05, 3.63) is 59.9 Å². The highest BCUT2D eigenvalue weighted by molar-refractivity contribution is 6.02. The van der Waals surface area contributed by atoms with Gasteiger partial charge in [-0.25, -0.2) is 0 Å². The Labute approximate surface area is 220 Å². The van der Waals surface area contributed by atoms with Crippen LogP contribution in [0.3, 0.4) is 0 Å². The standard InChI is InChI=1S/C15H18N2O3.C13H14N2O3/c1-4-20-15(19)9-17-10(2)8-12-13(16-11(3)18)6-5-7-14(12)17;1-8-6-10-11(14-9(2)16)4-3-5-12(10)15(8)7-13(17)18/h5-8H,4,9H2,1-3H3,(H,16,18);3-6H,7H2,1-2H3,(H,14,16)(H,17,18). The molecule has 200 valence electrons. The smallest absolute Gasteiger partial charge is 0.325 e. The topological polar surface area (TPSA) is 132 Å². The fourth-order valence-corrected chi connectivity index (χ4v) is 4.32. The summed E-state index contributed by atoms with van der Waals surface area (Å²) < 4.78 is 8.58. The first-order valence-electron chi connectivity index (χ1n) is 12.1. The van der Waals surface area contributed by atoms with Crippen LogP contribution in [0.25, 0.3) is 21.8 Å². The molecule has 2 amide bonds. The quantitative estimate of drug-likeness (QED) is 0.308. The lowest BCUT2D eigenvalue weighted by molar-refractivity contribution is -0.143. The maximum Gasteiger partial charge on any atom is 0.325 e. The van der Waals surface area contributed by atoms with Crippen molar-refractivity contribution in [1.82, 2.24) is 9.13 Å². The van der Waals surface area contributed by atoms with E-state index in [1.165, 1.54) is 13.8 Å². The third-order valence-corrected chi connectivity index (χ3v) is 5.81. The monoisotopic (exact) mass is 520 g/mol. The van der Waals surface area contributed by atoms with E-state index in [0.29, 0.717) is 12.3 Å². The lowest BCUT2D eigenvalue weighted by atomic mass is 10.2. The summed E-state index contributed by atoms with van der Waals surface area (Å²) in [5.74, 6) is -1.42. The van der Waals surface area contributed by atoms with Crippen molar-refractivity contribution in [3.63, 3.8) is 0 Å². The Morgan fingerprint density at radius 2 is 1.24 bits per heavy atom. The van der Waals surface area contributed by atoms with E-state index in [4.69, 9.17) is 9.84 Å². The summed E-state index contributed by atoms with van der Waals surface area (Å²) in [7, 11) is 0. The summed E-state index contributed by atoms with van der Waals surface area (Å²) in [4.78, 5) is 44.8. The fourth-order valence-electron chi connectivity index (χ4n) is 4.32. The number of esters is 1. The highest BCUT2D eigenvalue weighted by Crippen LogP contribution is 2.28. The molecule has 0 bridgehead atoms. The number of fused-ring (bicyclic) bond motifs is 2. The number of carboxylic acids is 1. The summed E-state index contributed by atoms with van der Waals surface area (Å²) in [6.45, 7) is 8.94. The Kier molecular flexibility index (Phi) is 8.90. The van der Waals surface area contributed by atoms with Gasteiger partial charge in [-0.15, -0.1) is 0 Å². The summed E-state index contributed by atoms with van der Waals surface area (Å²) in [6, 6.07) is 14.9. The lowest BCUT2D eigenvalue weighted by Crippen LogP contribution is -2.14. The van der Waals surface area contributed by atoms with Crippen LogP contribution in [-0.4, -0.2) is 44.6 Å². The van der Waals surface area contributed by atoms with E-state index in [-0.39, 0.29) is 30.9 Å². The number of aliphatic carboxylic acids is 1. The van der Waals surface area contributed by atoms with Gasteiger partial charge in [0, 0.05) is 36.0 Å². The third-order valence-electron chi connectivity index (χ3n) is 5.81. The normalized spacial score (nSPS) is 10.6. The molecule has 0 atom stereocenters. The minimum Gasteiger partial charge on any atom is -0.480 e. The molecule has 38 heavy (non-hydrogen) atoms. The van der Waals surface area contributed by atoms with Crippen molar-refractivity contribution in [1.29, 1.82) is 0 Å². The molecular formula is C28H32N4O6. The summed E-state index contributed by atoms with van der Waals surface area (Å²) >= 11 is 0. The Hall–Kier alpha value is -4.60. The van der Waals surface area contributed by atoms with E-state index < -0.39 is 5.97 Å². The zero-order valence-corrected chi connectivity index (χ0v) is 22.1. The molecular weight excluding hydrogens is 488 g/mol. The molecule has 0 aliphatic carbocycles. The Morgan fingerprint density at radius 1 is 0.789 bits per heavy atom. The van der Waals surface area contributed by atoms with Gasteiger partial charge in [0.05, 0.1) is 29.0 Å². The largest absolute Gasteiger partial charge is 0.480 e. The van der Waals surface area contributed by atoms with Crippen LogP contribution in [0.5, 0.6) is 0 Å². The Balaban J connectivity index is 0.000000212. The average molecular weight is 521 g/mol. The number of ether oxygens (including phenoxy) is 1. The number of hydrogen-bond acceptors (Lipinski definition) is 5. The second kappa shape index (κ2) is 12.1. The van der Waals surface area contributed by atoms with E-state index in [0.717, 1.165) is 38.9 Å². The van der Waals surface area contributed by atoms with Gasteiger partial charge >= 0.3 is 11.9 Å². The molecule has 2 aromatic heterocycles. The van der Waals surface area contributed by atoms with Gasteiger partial charge in [0.2, 0.25) is 11.8 Å². The van der Waals surface area contributed by atoms with Gasteiger partial charge in [-0.05, 0) is 57.2 Å². The first kappa shape index (κ1) is 28.0. The molecule has 0 spiro atoms. The molecule has 0 unspecified atom stereocenters. The van der Waals surface area contributed by atoms with E-state index in [1.807, 2.05) is 54.8 Å². The zero-order chi connectivity index (χ0) is 28.0. The van der Waals surface area contributed by atoms with Crippen LogP contribution in [0.15, 0.2) is 48.5 Å². The summed E-state index contributed by atoms with van der Waals surface area (Å²) in [6.07, 6.45) is 0. The van der Waals surface area contributed by atoms with E-state index in [2.05, 4.69) is 10.6 Å². The second-order valence-corrected chi connectivity index (χ2v) is 8.78. The molecule has 10 nitrogen and oxygen atoms in total. The Bertz CT molecular complexity index is 1510. The van der Waals surface area contributed by atoms with Crippen molar-refractivity contribution < 1.29 is 29.0 Å². The van der Waals surface area contributed by atoms with Gasteiger partial charge in [0.15, 0.2) is 0 Å². The van der Waals surface area contributed by atoms with Crippen LogP contribution in [0.1, 0.15) is 32.2 Å². The number of carboxylic acid groups (broad SMARTS) is 1. The number of nitrogens with one attached hydrogen (secondary N) is 2. The number of carbonyl (C=O) groups excluding carboxylic acids is 3. The summed E-state index contributed by atoms with van der Waals surface area (Å²) in [5, 5.41) is 16.2. The van der Waals surface area contributed by atoms with Crippen LogP contribution < -0.4 is 10.6 Å². The fraction of sp³-hybridized carbons (Fsp3) is 0.286. The first-order chi connectivity index (χ1) is 18.0. The van der Waals surface area contributed by atoms with Gasteiger partial charge in [-0.3, -0.25) is 19.2 Å². The highest BCUT2D eigenvalue weighted by atomic mass is 16.5. The third kappa shape index (κ3) is 6.58. The van der Waals surface area contributed by atoms with Crippen LogP contribution >= 0.6 is 0 Å². The molecule has 10 heteroatoms. The summed E-state index contributed by atoms with van der Waals surface area (Å²) in [5.41, 5.74) is 4.96. The van der Waals surface area contributed by atoms with Crippen LogP contribution in [0.2, 0.25) is 0 Å². The number of anilines is 2. The van der Waals surface area contributed by atoms with Gasteiger partial charge in [0.25, 0.3) is 0 Å². The number of rotatable bonds is 7. The highest BCUT2D eigenvalue weighted by Gasteiger charge is 2.13. The average Bonchev–Trinajstić information content (AvgIpc) is 3.31. The molecule has 2 aromatic carbocycles. The van der Waals surface area contributed by atoms with Crippen molar-refractivity contribution in [3.8, 4) is 0 Å². The van der Waals surface area contributed by atoms with E-state index >= 15 is 0 Å². The molecule has 0 fully saturated rings. The number of aromatic nitrogens is 2. The van der Waals surface area contributed by atoms with Crippen LogP contribution in [0, 0.1) is 13.8 Å².